The minimum absolute atomic E-state index is 0.194. The lowest BCUT2D eigenvalue weighted by Gasteiger charge is -2.30. The van der Waals surface area contributed by atoms with Gasteiger partial charge in [-0.3, -0.25) is 4.79 Å². The maximum atomic E-state index is 12.9. The van der Waals surface area contributed by atoms with Crippen molar-refractivity contribution in [2.24, 2.45) is 5.92 Å². The highest BCUT2D eigenvalue weighted by Gasteiger charge is 2.34. The monoisotopic (exact) mass is 376 g/mol. The standard InChI is InChI=1S/C20H25ClN2O3/c1-20(25,13-5-2-3-6-13)12-22-19(24)15-9-23(14-10-26-11-14)17-8-4-7-16(21)18(15)17/h4,7-9,13-14,25H,2-3,5-6,10-12H2,1H3,(H,22,24). The Morgan fingerprint density at radius 3 is 2.77 bits per heavy atom. The number of hydrogen-bond donors (Lipinski definition) is 2. The topological polar surface area (TPSA) is 63.5 Å². The van der Waals surface area contributed by atoms with Crippen molar-refractivity contribution in [2.45, 2.75) is 44.2 Å². The van der Waals surface area contributed by atoms with Crippen LogP contribution in [0.1, 0.15) is 49.0 Å². The third-order valence-electron chi connectivity index (χ3n) is 5.91. The van der Waals surface area contributed by atoms with Crippen LogP contribution in [0.3, 0.4) is 0 Å². The van der Waals surface area contributed by atoms with Crippen LogP contribution in [0, 0.1) is 5.92 Å². The molecule has 1 aliphatic heterocycles. The molecule has 2 heterocycles. The summed E-state index contributed by atoms with van der Waals surface area (Å²) in [5.74, 6) is 0.0558. The number of aromatic nitrogens is 1. The zero-order chi connectivity index (χ0) is 18.3. The van der Waals surface area contributed by atoms with Crippen molar-refractivity contribution in [1.29, 1.82) is 0 Å². The summed E-state index contributed by atoms with van der Waals surface area (Å²) in [5.41, 5.74) is 0.620. The number of benzene rings is 1. The number of rotatable bonds is 5. The Kier molecular flexibility index (Phi) is 4.71. The summed E-state index contributed by atoms with van der Waals surface area (Å²) in [7, 11) is 0. The number of amides is 1. The van der Waals surface area contributed by atoms with Gasteiger partial charge in [0.1, 0.15) is 0 Å². The molecule has 0 bridgehead atoms. The minimum atomic E-state index is -0.879. The summed E-state index contributed by atoms with van der Waals surface area (Å²) < 4.78 is 7.38. The van der Waals surface area contributed by atoms with Gasteiger partial charge in [0.25, 0.3) is 5.91 Å². The fourth-order valence-electron chi connectivity index (χ4n) is 4.17. The molecule has 1 unspecified atom stereocenters. The van der Waals surface area contributed by atoms with E-state index in [-0.39, 0.29) is 24.4 Å². The van der Waals surface area contributed by atoms with E-state index in [1.165, 1.54) is 0 Å². The number of nitrogens with one attached hydrogen (secondary N) is 1. The highest BCUT2D eigenvalue weighted by molar-refractivity contribution is 6.36. The van der Waals surface area contributed by atoms with Crippen molar-refractivity contribution >= 4 is 28.4 Å². The van der Waals surface area contributed by atoms with Crippen LogP contribution in [0.15, 0.2) is 24.4 Å². The van der Waals surface area contributed by atoms with Gasteiger partial charge < -0.3 is 19.7 Å². The van der Waals surface area contributed by atoms with Gasteiger partial charge in [-0.05, 0) is 37.8 Å². The summed E-state index contributed by atoms with van der Waals surface area (Å²) in [6.45, 7) is 3.37. The molecule has 2 N–H and O–H groups in total. The van der Waals surface area contributed by atoms with Gasteiger partial charge in [0.15, 0.2) is 0 Å². The fourth-order valence-corrected chi connectivity index (χ4v) is 4.44. The SMILES string of the molecule is CC(O)(CNC(=O)c1cn(C2COC2)c2cccc(Cl)c12)C1CCCC1. The van der Waals surface area contributed by atoms with E-state index >= 15 is 0 Å². The van der Waals surface area contributed by atoms with E-state index in [4.69, 9.17) is 16.3 Å². The van der Waals surface area contributed by atoms with Crippen molar-refractivity contribution in [3.8, 4) is 0 Å². The average Bonchev–Trinajstić information content (AvgIpc) is 3.21. The molecule has 140 valence electrons. The van der Waals surface area contributed by atoms with E-state index in [0.717, 1.165) is 36.6 Å². The van der Waals surface area contributed by atoms with Crippen LogP contribution >= 0.6 is 11.6 Å². The lowest BCUT2D eigenvalue weighted by molar-refractivity contribution is -0.0214. The molecule has 2 fully saturated rings. The molecule has 0 radical (unpaired) electrons. The Hall–Kier alpha value is -1.56. The van der Waals surface area contributed by atoms with E-state index in [2.05, 4.69) is 9.88 Å². The molecule has 1 amide bonds. The lowest BCUT2D eigenvalue weighted by atomic mass is 9.87. The third kappa shape index (κ3) is 3.13. The smallest absolute Gasteiger partial charge is 0.253 e. The van der Waals surface area contributed by atoms with Crippen LogP contribution in [0.4, 0.5) is 0 Å². The zero-order valence-corrected chi connectivity index (χ0v) is 15.8. The maximum Gasteiger partial charge on any atom is 0.253 e. The van der Waals surface area contributed by atoms with Crippen LogP contribution in [0.2, 0.25) is 5.02 Å². The third-order valence-corrected chi connectivity index (χ3v) is 6.22. The van der Waals surface area contributed by atoms with Gasteiger partial charge in [0, 0.05) is 18.1 Å². The molecule has 1 saturated carbocycles. The predicted octanol–water partition coefficient (Wildman–Crippen LogP) is 3.54. The molecule has 1 atom stereocenters. The Balaban J connectivity index is 1.58. The molecule has 1 aromatic carbocycles. The molecule has 1 aliphatic carbocycles. The summed E-state index contributed by atoms with van der Waals surface area (Å²) in [4.78, 5) is 12.9. The van der Waals surface area contributed by atoms with Gasteiger partial charge in [-0.1, -0.05) is 30.5 Å². The van der Waals surface area contributed by atoms with Crippen LogP contribution in [0.5, 0.6) is 0 Å². The van der Waals surface area contributed by atoms with Crippen LogP contribution in [0.25, 0.3) is 10.9 Å². The number of carbonyl (C=O) groups is 1. The molecule has 0 spiro atoms. The summed E-state index contributed by atoms with van der Waals surface area (Å²) in [6.07, 6.45) is 6.22. The second-order valence-corrected chi connectivity index (χ2v) is 8.20. The van der Waals surface area contributed by atoms with Crippen molar-refractivity contribution in [1.82, 2.24) is 9.88 Å². The highest BCUT2D eigenvalue weighted by atomic mass is 35.5. The average molecular weight is 377 g/mol. The Labute approximate surface area is 158 Å². The van der Waals surface area contributed by atoms with Crippen LogP contribution < -0.4 is 5.32 Å². The van der Waals surface area contributed by atoms with Gasteiger partial charge in [0.05, 0.1) is 41.0 Å². The maximum absolute atomic E-state index is 12.9. The van der Waals surface area contributed by atoms with Crippen molar-refractivity contribution in [3.05, 3.63) is 35.0 Å². The number of ether oxygens (including phenoxy) is 1. The Bertz CT molecular complexity index is 820. The van der Waals surface area contributed by atoms with E-state index in [1.54, 1.807) is 6.07 Å². The van der Waals surface area contributed by atoms with Crippen LogP contribution in [-0.4, -0.2) is 40.9 Å². The molecular weight excluding hydrogens is 352 g/mol. The first-order chi connectivity index (χ1) is 12.5. The summed E-state index contributed by atoms with van der Waals surface area (Å²) in [5, 5.41) is 15.0. The van der Waals surface area contributed by atoms with Gasteiger partial charge in [-0.15, -0.1) is 0 Å². The van der Waals surface area contributed by atoms with Gasteiger partial charge in [-0.25, -0.2) is 0 Å². The van der Waals surface area contributed by atoms with Gasteiger partial charge >= 0.3 is 0 Å². The quantitative estimate of drug-likeness (QED) is 0.838. The van der Waals surface area contributed by atoms with Gasteiger partial charge in [0.2, 0.25) is 0 Å². The Morgan fingerprint density at radius 2 is 2.12 bits per heavy atom. The van der Waals surface area contributed by atoms with E-state index < -0.39 is 5.60 Å². The number of carbonyl (C=O) groups excluding carboxylic acids is 1. The first-order valence-electron chi connectivity index (χ1n) is 9.35. The second kappa shape index (κ2) is 6.87. The van der Waals surface area contributed by atoms with Crippen molar-refractivity contribution in [3.63, 3.8) is 0 Å². The number of aliphatic hydroxyl groups is 1. The molecule has 5 nitrogen and oxygen atoms in total. The molecule has 4 rings (SSSR count). The predicted molar refractivity (Wildman–Crippen MR) is 102 cm³/mol. The van der Waals surface area contributed by atoms with E-state index in [0.29, 0.717) is 23.8 Å². The van der Waals surface area contributed by atoms with Crippen molar-refractivity contribution < 1.29 is 14.6 Å². The minimum Gasteiger partial charge on any atom is -0.388 e. The molecule has 1 aromatic heterocycles. The lowest BCUT2D eigenvalue weighted by Crippen LogP contribution is -2.45. The van der Waals surface area contributed by atoms with E-state index in [9.17, 15) is 9.90 Å². The van der Waals surface area contributed by atoms with Crippen LogP contribution in [-0.2, 0) is 4.74 Å². The molecular formula is C20H25ClN2O3. The molecule has 1 saturated heterocycles. The first-order valence-corrected chi connectivity index (χ1v) is 9.72. The molecule has 2 aliphatic rings. The summed E-state index contributed by atoms with van der Waals surface area (Å²) in [6, 6.07) is 5.91. The molecule has 26 heavy (non-hydrogen) atoms. The van der Waals surface area contributed by atoms with E-state index in [1.807, 2.05) is 25.3 Å². The van der Waals surface area contributed by atoms with Crippen molar-refractivity contribution in [2.75, 3.05) is 19.8 Å². The normalized spacial score (nSPS) is 20.9. The first kappa shape index (κ1) is 17.8. The number of fused-ring (bicyclic) bond motifs is 1. The molecule has 6 heteroatoms. The fraction of sp³-hybridized carbons (Fsp3) is 0.550. The summed E-state index contributed by atoms with van der Waals surface area (Å²) >= 11 is 6.41. The number of nitrogens with zero attached hydrogens (tertiary/aromatic N) is 1. The largest absolute Gasteiger partial charge is 0.388 e. The number of hydrogen-bond acceptors (Lipinski definition) is 3. The Morgan fingerprint density at radius 1 is 1.38 bits per heavy atom. The highest BCUT2D eigenvalue weighted by Crippen LogP contribution is 2.35. The molecule has 2 aromatic rings. The van der Waals surface area contributed by atoms with Gasteiger partial charge in [-0.2, -0.15) is 0 Å². The number of halogens is 1. The second-order valence-electron chi connectivity index (χ2n) is 7.80. The zero-order valence-electron chi connectivity index (χ0n) is 15.0.